The van der Waals surface area contributed by atoms with Gasteiger partial charge in [0.1, 0.15) is 17.6 Å². The van der Waals surface area contributed by atoms with Gasteiger partial charge in [-0.3, -0.25) is 0 Å². The number of nitrogens with one attached hydrogen (secondary N) is 1. The summed E-state index contributed by atoms with van der Waals surface area (Å²) in [5, 5.41) is 3.55. The van der Waals surface area contributed by atoms with Gasteiger partial charge in [0.25, 0.3) is 0 Å². The number of anilines is 2. The summed E-state index contributed by atoms with van der Waals surface area (Å²) in [7, 11) is 4.11. The third kappa shape index (κ3) is 3.42. The van der Waals surface area contributed by atoms with Crippen LogP contribution in [0.15, 0.2) is 36.4 Å². The van der Waals surface area contributed by atoms with Gasteiger partial charge in [0.05, 0.1) is 18.0 Å². The molecule has 1 atom stereocenters. The summed E-state index contributed by atoms with van der Waals surface area (Å²) in [6.45, 7) is 5.50. The minimum absolute atomic E-state index is 0.227. The molecular weight excluding hydrogens is 300 g/mol. The Morgan fingerprint density at radius 1 is 1.25 bits per heavy atom. The first-order valence-electron chi connectivity index (χ1n) is 8.54. The maximum atomic E-state index is 6.03. The highest BCUT2D eigenvalue weighted by Gasteiger charge is 2.23. The Bertz CT molecular complexity index is 713. The predicted octanol–water partition coefficient (Wildman–Crippen LogP) is 4.09. The van der Waals surface area contributed by atoms with Crippen molar-refractivity contribution in [2.45, 2.75) is 32.9 Å². The number of hydrogen-bond donors (Lipinski definition) is 1. The Hall–Kier alpha value is -2.36. The van der Waals surface area contributed by atoms with Gasteiger partial charge in [-0.15, -0.1) is 0 Å². The summed E-state index contributed by atoms with van der Waals surface area (Å²) in [5.74, 6) is 1.94. The molecule has 4 nitrogen and oxygen atoms in total. The molecule has 0 radical (unpaired) electrons. The average Bonchev–Trinajstić information content (AvgIpc) is 2.93. The van der Waals surface area contributed by atoms with E-state index in [4.69, 9.17) is 9.47 Å². The van der Waals surface area contributed by atoms with Crippen molar-refractivity contribution in [2.24, 2.45) is 0 Å². The van der Waals surface area contributed by atoms with Crippen LogP contribution in [0, 0.1) is 0 Å². The molecule has 0 aromatic heterocycles. The number of fused-ring (bicyclic) bond motifs is 1. The van der Waals surface area contributed by atoms with Crippen LogP contribution < -0.4 is 19.7 Å². The van der Waals surface area contributed by atoms with Gasteiger partial charge < -0.3 is 19.7 Å². The second-order valence-electron chi connectivity index (χ2n) is 6.40. The summed E-state index contributed by atoms with van der Waals surface area (Å²) in [4.78, 5) is 2.11. The summed E-state index contributed by atoms with van der Waals surface area (Å²) >= 11 is 0. The SMILES string of the molecule is CCOc1cc(CNc2ccccc2N(C)C)c2c(c1)C[C@H](C)O2. The van der Waals surface area contributed by atoms with Gasteiger partial charge in [-0.05, 0) is 38.1 Å². The molecule has 128 valence electrons. The molecule has 0 unspecified atom stereocenters. The first-order valence-corrected chi connectivity index (χ1v) is 8.54. The lowest BCUT2D eigenvalue weighted by molar-refractivity contribution is 0.252. The molecule has 0 spiro atoms. The zero-order valence-corrected chi connectivity index (χ0v) is 14.9. The molecule has 2 aromatic carbocycles. The summed E-state index contributed by atoms with van der Waals surface area (Å²) < 4.78 is 11.8. The topological polar surface area (TPSA) is 33.7 Å². The predicted molar refractivity (Wildman–Crippen MR) is 99.5 cm³/mol. The minimum Gasteiger partial charge on any atom is -0.494 e. The second-order valence-corrected chi connectivity index (χ2v) is 6.40. The molecule has 0 amide bonds. The molecule has 3 rings (SSSR count). The third-order valence-electron chi connectivity index (χ3n) is 4.21. The quantitative estimate of drug-likeness (QED) is 0.867. The highest BCUT2D eigenvalue weighted by Crippen LogP contribution is 2.37. The number of ether oxygens (including phenoxy) is 2. The van der Waals surface area contributed by atoms with Crippen molar-refractivity contribution in [2.75, 3.05) is 30.9 Å². The van der Waals surface area contributed by atoms with Crippen molar-refractivity contribution in [1.82, 2.24) is 0 Å². The largest absolute Gasteiger partial charge is 0.494 e. The maximum absolute atomic E-state index is 6.03. The summed E-state index contributed by atoms with van der Waals surface area (Å²) in [6.07, 6.45) is 1.17. The maximum Gasteiger partial charge on any atom is 0.128 e. The molecule has 1 aliphatic heterocycles. The molecule has 1 aliphatic rings. The van der Waals surface area contributed by atoms with Gasteiger partial charge in [0.15, 0.2) is 0 Å². The lowest BCUT2D eigenvalue weighted by Crippen LogP contribution is -2.12. The average molecular weight is 326 g/mol. The van der Waals surface area contributed by atoms with Gasteiger partial charge in [-0.2, -0.15) is 0 Å². The lowest BCUT2D eigenvalue weighted by Gasteiger charge is -2.19. The smallest absolute Gasteiger partial charge is 0.128 e. The molecule has 0 saturated carbocycles. The lowest BCUT2D eigenvalue weighted by atomic mass is 10.1. The van der Waals surface area contributed by atoms with Crippen LogP contribution in [0.3, 0.4) is 0 Å². The van der Waals surface area contributed by atoms with Gasteiger partial charge >= 0.3 is 0 Å². The molecule has 0 aliphatic carbocycles. The minimum atomic E-state index is 0.227. The summed E-state index contributed by atoms with van der Waals surface area (Å²) in [6, 6.07) is 12.5. The van der Waals surface area contributed by atoms with E-state index in [1.165, 1.54) is 11.3 Å². The van der Waals surface area contributed by atoms with Crippen LogP contribution in [0.4, 0.5) is 11.4 Å². The zero-order chi connectivity index (χ0) is 17.1. The van der Waals surface area contributed by atoms with Crippen molar-refractivity contribution < 1.29 is 9.47 Å². The van der Waals surface area contributed by atoms with E-state index in [9.17, 15) is 0 Å². The van der Waals surface area contributed by atoms with Crippen molar-refractivity contribution >= 4 is 11.4 Å². The fraction of sp³-hybridized carbons (Fsp3) is 0.400. The molecule has 0 saturated heterocycles. The molecule has 4 heteroatoms. The van der Waals surface area contributed by atoms with Crippen LogP contribution in [0.25, 0.3) is 0 Å². The fourth-order valence-corrected chi connectivity index (χ4v) is 3.16. The highest BCUT2D eigenvalue weighted by molar-refractivity contribution is 5.69. The number of benzene rings is 2. The Morgan fingerprint density at radius 2 is 2.04 bits per heavy atom. The van der Waals surface area contributed by atoms with E-state index in [0.29, 0.717) is 13.2 Å². The van der Waals surface area contributed by atoms with E-state index in [0.717, 1.165) is 29.2 Å². The van der Waals surface area contributed by atoms with Crippen LogP contribution in [-0.4, -0.2) is 26.8 Å². The third-order valence-corrected chi connectivity index (χ3v) is 4.21. The van der Waals surface area contributed by atoms with Crippen molar-refractivity contribution in [1.29, 1.82) is 0 Å². The Morgan fingerprint density at radius 3 is 2.79 bits per heavy atom. The van der Waals surface area contributed by atoms with Crippen LogP contribution in [0.2, 0.25) is 0 Å². The van der Waals surface area contributed by atoms with Crippen LogP contribution in [-0.2, 0) is 13.0 Å². The van der Waals surface area contributed by atoms with Crippen molar-refractivity contribution in [3.8, 4) is 11.5 Å². The normalized spacial score (nSPS) is 15.6. The van der Waals surface area contributed by atoms with Gasteiger partial charge in [-0.25, -0.2) is 0 Å². The summed E-state index contributed by atoms with van der Waals surface area (Å²) in [5.41, 5.74) is 4.67. The molecular formula is C20H26N2O2. The Balaban J connectivity index is 1.85. The zero-order valence-electron chi connectivity index (χ0n) is 14.9. The van der Waals surface area contributed by atoms with E-state index >= 15 is 0 Å². The van der Waals surface area contributed by atoms with E-state index in [1.54, 1.807) is 0 Å². The number of hydrogen-bond acceptors (Lipinski definition) is 4. The number of rotatable bonds is 6. The van der Waals surface area contributed by atoms with E-state index in [-0.39, 0.29) is 6.10 Å². The van der Waals surface area contributed by atoms with Gasteiger partial charge in [0, 0.05) is 38.2 Å². The molecule has 2 aromatic rings. The van der Waals surface area contributed by atoms with Crippen LogP contribution in [0.5, 0.6) is 11.5 Å². The molecule has 1 N–H and O–H groups in total. The molecule has 1 heterocycles. The molecule has 24 heavy (non-hydrogen) atoms. The van der Waals surface area contributed by atoms with E-state index in [1.807, 2.05) is 6.92 Å². The standard InChI is InChI=1S/C20H26N2O2/c1-5-23-17-11-15-10-14(2)24-20(15)16(12-17)13-21-18-8-6-7-9-19(18)22(3)4/h6-9,11-12,14,21H,5,10,13H2,1-4H3/t14-/m0/s1. The van der Waals surface area contributed by atoms with Gasteiger partial charge in [0.2, 0.25) is 0 Å². The first-order chi connectivity index (χ1) is 11.6. The number of nitrogens with zero attached hydrogens (tertiary/aromatic N) is 1. The van der Waals surface area contributed by atoms with Crippen molar-refractivity contribution in [3.05, 3.63) is 47.5 Å². The van der Waals surface area contributed by atoms with E-state index < -0.39 is 0 Å². The molecule has 0 bridgehead atoms. The highest BCUT2D eigenvalue weighted by atomic mass is 16.5. The Labute approximate surface area is 144 Å². The van der Waals surface area contributed by atoms with Crippen LogP contribution >= 0.6 is 0 Å². The fourth-order valence-electron chi connectivity index (χ4n) is 3.16. The van der Waals surface area contributed by atoms with E-state index in [2.05, 4.69) is 67.6 Å². The van der Waals surface area contributed by atoms with Crippen LogP contribution in [0.1, 0.15) is 25.0 Å². The number of para-hydroxylation sites is 2. The van der Waals surface area contributed by atoms with Crippen molar-refractivity contribution in [3.63, 3.8) is 0 Å². The van der Waals surface area contributed by atoms with Gasteiger partial charge in [-0.1, -0.05) is 12.1 Å². The first kappa shape index (κ1) is 16.5. The second kappa shape index (κ2) is 7.04. The Kier molecular flexibility index (Phi) is 4.84. The molecule has 0 fully saturated rings. The monoisotopic (exact) mass is 326 g/mol.